The standard InChI is InChI=1S/C17H16ClN7O/c18-13-9-5-4-8-12(13)17(26)25-24-16-14(19)15(20-10-21-16)23-22-11-6-2-1-3-7-11/h1-10,22H,19H2,(H,25,26)(H2,20,21,23,24). The van der Waals surface area contributed by atoms with Crippen LogP contribution in [0.25, 0.3) is 0 Å². The average molecular weight is 370 g/mol. The van der Waals surface area contributed by atoms with E-state index in [0.717, 1.165) is 5.69 Å². The molecule has 132 valence electrons. The minimum atomic E-state index is -0.412. The molecule has 9 heteroatoms. The van der Waals surface area contributed by atoms with Gasteiger partial charge in [0, 0.05) is 0 Å². The number of nitrogens with zero attached hydrogens (tertiary/aromatic N) is 2. The predicted octanol–water partition coefficient (Wildman–Crippen LogP) is 2.91. The lowest BCUT2D eigenvalue weighted by molar-refractivity contribution is 0.0962. The molecule has 3 rings (SSSR count). The van der Waals surface area contributed by atoms with E-state index in [4.69, 9.17) is 17.3 Å². The van der Waals surface area contributed by atoms with Crippen LogP contribution in [0.5, 0.6) is 0 Å². The van der Waals surface area contributed by atoms with Crippen LogP contribution in [0.4, 0.5) is 23.0 Å². The topological polar surface area (TPSA) is 117 Å². The van der Waals surface area contributed by atoms with Gasteiger partial charge in [-0.2, -0.15) is 0 Å². The Balaban J connectivity index is 1.65. The summed E-state index contributed by atoms with van der Waals surface area (Å²) >= 11 is 6.00. The Kier molecular flexibility index (Phi) is 5.35. The van der Waals surface area contributed by atoms with E-state index in [1.807, 2.05) is 30.3 Å². The van der Waals surface area contributed by atoms with Crippen molar-refractivity contribution in [1.82, 2.24) is 15.4 Å². The third kappa shape index (κ3) is 4.11. The van der Waals surface area contributed by atoms with Crippen LogP contribution in [0.15, 0.2) is 60.9 Å². The highest BCUT2D eigenvalue weighted by molar-refractivity contribution is 6.33. The lowest BCUT2D eigenvalue weighted by atomic mass is 10.2. The largest absolute Gasteiger partial charge is 0.393 e. The fourth-order valence-electron chi connectivity index (χ4n) is 2.08. The van der Waals surface area contributed by atoms with Crippen molar-refractivity contribution in [3.8, 4) is 0 Å². The highest BCUT2D eigenvalue weighted by Crippen LogP contribution is 2.22. The molecule has 0 unspecified atom stereocenters. The molecule has 0 aliphatic heterocycles. The quantitative estimate of drug-likeness (QED) is 0.424. The Morgan fingerprint density at radius 1 is 0.885 bits per heavy atom. The first-order valence-electron chi connectivity index (χ1n) is 7.63. The first-order chi connectivity index (χ1) is 12.6. The zero-order valence-corrected chi connectivity index (χ0v) is 14.3. The van der Waals surface area contributed by atoms with Crippen LogP contribution in [0.3, 0.4) is 0 Å². The molecule has 26 heavy (non-hydrogen) atoms. The molecule has 1 amide bonds. The number of rotatable bonds is 6. The molecule has 0 atom stereocenters. The summed E-state index contributed by atoms with van der Waals surface area (Å²) in [6, 6.07) is 16.2. The Morgan fingerprint density at radius 3 is 2.27 bits per heavy atom. The van der Waals surface area contributed by atoms with Gasteiger partial charge in [-0.25, -0.2) is 9.97 Å². The van der Waals surface area contributed by atoms with Crippen LogP contribution < -0.4 is 27.4 Å². The second-order valence-corrected chi connectivity index (χ2v) is 5.57. The monoisotopic (exact) mass is 369 g/mol. The molecule has 2 aromatic carbocycles. The van der Waals surface area contributed by atoms with Crippen molar-refractivity contribution in [2.24, 2.45) is 0 Å². The van der Waals surface area contributed by atoms with Crippen molar-refractivity contribution in [3.63, 3.8) is 0 Å². The van der Waals surface area contributed by atoms with Crippen molar-refractivity contribution < 1.29 is 4.79 Å². The number of anilines is 4. The number of benzene rings is 2. The summed E-state index contributed by atoms with van der Waals surface area (Å²) in [7, 11) is 0. The van der Waals surface area contributed by atoms with Crippen molar-refractivity contribution in [2.75, 3.05) is 22.0 Å². The maximum atomic E-state index is 12.2. The summed E-state index contributed by atoms with van der Waals surface area (Å²) in [4.78, 5) is 20.3. The molecule has 3 aromatic rings. The molecule has 0 saturated heterocycles. The van der Waals surface area contributed by atoms with E-state index in [1.165, 1.54) is 6.33 Å². The van der Waals surface area contributed by atoms with Crippen LogP contribution in [-0.4, -0.2) is 15.9 Å². The van der Waals surface area contributed by atoms with Crippen molar-refractivity contribution >= 4 is 40.5 Å². The molecule has 8 nitrogen and oxygen atoms in total. The van der Waals surface area contributed by atoms with E-state index < -0.39 is 5.91 Å². The van der Waals surface area contributed by atoms with Gasteiger partial charge in [0.15, 0.2) is 11.6 Å². The molecule has 6 N–H and O–H groups in total. The van der Waals surface area contributed by atoms with Gasteiger partial charge >= 0.3 is 0 Å². The van der Waals surface area contributed by atoms with Gasteiger partial charge in [0.25, 0.3) is 5.91 Å². The zero-order chi connectivity index (χ0) is 18.4. The van der Waals surface area contributed by atoms with Crippen LogP contribution >= 0.6 is 11.6 Å². The number of hydrogen-bond acceptors (Lipinski definition) is 7. The second kappa shape index (κ2) is 8.04. The molecule has 0 radical (unpaired) electrons. The summed E-state index contributed by atoms with van der Waals surface area (Å²) in [6.45, 7) is 0. The number of hydrazine groups is 2. The number of nitrogen functional groups attached to an aromatic ring is 1. The summed E-state index contributed by atoms with van der Waals surface area (Å²) in [5.74, 6) is 0.196. The molecule has 0 fully saturated rings. The molecule has 0 bridgehead atoms. The smallest absolute Gasteiger partial charge is 0.271 e. The van der Waals surface area contributed by atoms with Crippen molar-refractivity contribution in [2.45, 2.75) is 0 Å². The fourth-order valence-corrected chi connectivity index (χ4v) is 2.30. The SMILES string of the molecule is Nc1c(NNC(=O)c2ccccc2Cl)ncnc1NNc1ccccc1. The van der Waals surface area contributed by atoms with Gasteiger partial charge in [0.05, 0.1) is 16.3 Å². The van der Waals surface area contributed by atoms with E-state index in [1.54, 1.807) is 24.3 Å². The van der Waals surface area contributed by atoms with E-state index in [-0.39, 0.29) is 11.5 Å². The van der Waals surface area contributed by atoms with Crippen LogP contribution in [0, 0.1) is 0 Å². The minimum Gasteiger partial charge on any atom is -0.393 e. The molecule has 1 heterocycles. The van der Waals surface area contributed by atoms with Crippen molar-refractivity contribution in [3.05, 3.63) is 71.5 Å². The summed E-state index contributed by atoms with van der Waals surface area (Å²) in [6.07, 6.45) is 1.31. The number of aromatic nitrogens is 2. The number of para-hydroxylation sites is 1. The average Bonchev–Trinajstić information content (AvgIpc) is 2.67. The van der Waals surface area contributed by atoms with Gasteiger partial charge in [-0.15, -0.1) is 0 Å². The van der Waals surface area contributed by atoms with Gasteiger partial charge in [-0.1, -0.05) is 41.9 Å². The highest BCUT2D eigenvalue weighted by atomic mass is 35.5. The van der Waals surface area contributed by atoms with Gasteiger partial charge in [-0.05, 0) is 24.3 Å². The highest BCUT2D eigenvalue weighted by Gasteiger charge is 2.12. The third-order valence-electron chi connectivity index (χ3n) is 3.40. The lowest BCUT2D eigenvalue weighted by Gasteiger charge is -2.14. The number of nitrogens with two attached hydrogens (primary N) is 1. The first kappa shape index (κ1) is 17.3. The number of halogens is 1. The summed E-state index contributed by atoms with van der Waals surface area (Å²) < 4.78 is 0. The van der Waals surface area contributed by atoms with Gasteiger partial charge in [-0.3, -0.25) is 26.5 Å². The number of nitrogens with one attached hydrogen (secondary N) is 4. The number of carbonyl (C=O) groups is 1. The van der Waals surface area contributed by atoms with Gasteiger partial charge in [0.1, 0.15) is 12.0 Å². The van der Waals surface area contributed by atoms with Crippen molar-refractivity contribution in [1.29, 1.82) is 0 Å². The van der Waals surface area contributed by atoms with E-state index in [0.29, 0.717) is 16.4 Å². The van der Waals surface area contributed by atoms with Gasteiger partial charge < -0.3 is 5.73 Å². The summed E-state index contributed by atoms with van der Waals surface area (Å²) in [5.41, 5.74) is 18.5. The maximum absolute atomic E-state index is 12.2. The molecular formula is C17H16ClN7O. The predicted molar refractivity (Wildman–Crippen MR) is 103 cm³/mol. The molecule has 1 aromatic heterocycles. The lowest BCUT2D eigenvalue weighted by Crippen LogP contribution is -2.30. The van der Waals surface area contributed by atoms with Crippen LogP contribution in [0.1, 0.15) is 10.4 Å². The Morgan fingerprint density at radius 2 is 1.54 bits per heavy atom. The van der Waals surface area contributed by atoms with E-state index in [2.05, 4.69) is 31.7 Å². The number of carbonyl (C=O) groups excluding carboxylic acids is 1. The fraction of sp³-hybridized carbons (Fsp3) is 0. The van der Waals surface area contributed by atoms with Gasteiger partial charge in [0.2, 0.25) is 0 Å². The molecule has 0 aliphatic carbocycles. The number of hydrogen-bond donors (Lipinski definition) is 5. The van der Waals surface area contributed by atoms with Crippen LogP contribution in [0.2, 0.25) is 5.02 Å². The maximum Gasteiger partial charge on any atom is 0.271 e. The van der Waals surface area contributed by atoms with Crippen LogP contribution in [-0.2, 0) is 0 Å². The molecule has 0 saturated carbocycles. The first-order valence-corrected chi connectivity index (χ1v) is 8.01. The molecule has 0 spiro atoms. The molecular weight excluding hydrogens is 354 g/mol. The Labute approximate surface area is 154 Å². The second-order valence-electron chi connectivity index (χ2n) is 5.16. The van der Waals surface area contributed by atoms with E-state index in [9.17, 15) is 4.79 Å². The molecule has 0 aliphatic rings. The normalized spacial score (nSPS) is 10.0. The minimum absolute atomic E-state index is 0.232. The third-order valence-corrected chi connectivity index (χ3v) is 3.73. The zero-order valence-electron chi connectivity index (χ0n) is 13.5. The summed E-state index contributed by atoms with van der Waals surface area (Å²) in [5, 5.41) is 0.344. The number of amides is 1. The van der Waals surface area contributed by atoms with E-state index >= 15 is 0 Å². The Bertz CT molecular complexity index is 905. The Hall–Kier alpha value is -3.52.